The van der Waals surface area contributed by atoms with E-state index in [0.717, 1.165) is 12.6 Å². The first-order chi connectivity index (χ1) is 6.33. The maximum Gasteiger partial charge on any atom is 0.0141 e. The highest BCUT2D eigenvalue weighted by atomic mass is 32.2. The van der Waals surface area contributed by atoms with E-state index in [4.69, 9.17) is 5.73 Å². The van der Waals surface area contributed by atoms with E-state index in [1.54, 1.807) is 0 Å². The molecule has 0 aromatic rings. The zero-order valence-electron chi connectivity index (χ0n) is 8.59. The predicted molar refractivity (Wildman–Crippen MR) is 61.2 cm³/mol. The van der Waals surface area contributed by atoms with Crippen LogP contribution in [0.1, 0.15) is 32.6 Å². The minimum atomic E-state index is 0.636. The van der Waals surface area contributed by atoms with Crippen molar-refractivity contribution in [2.24, 2.45) is 5.73 Å². The molecule has 1 rings (SSSR count). The Morgan fingerprint density at radius 2 is 2.46 bits per heavy atom. The second kappa shape index (κ2) is 6.68. The molecule has 0 aliphatic carbocycles. The molecule has 2 atom stereocenters. The summed E-state index contributed by atoms with van der Waals surface area (Å²) in [7, 11) is 0. The Bertz CT molecular complexity index is 124. The van der Waals surface area contributed by atoms with Crippen molar-refractivity contribution in [3.63, 3.8) is 0 Å². The van der Waals surface area contributed by atoms with Gasteiger partial charge in [0.15, 0.2) is 0 Å². The minimum Gasteiger partial charge on any atom is -0.329 e. The molecule has 2 unspecified atom stereocenters. The van der Waals surface area contributed by atoms with E-state index in [9.17, 15) is 0 Å². The maximum absolute atomic E-state index is 5.54. The van der Waals surface area contributed by atoms with Crippen LogP contribution in [0.25, 0.3) is 0 Å². The molecule has 0 spiro atoms. The van der Waals surface area contributed by atoms with Gasteiger partial charge in [0.25, 0.3) is 0 Å². The summed E-state index contributed by atoms with van der Waals surface area (Å²) in [4.78, 5) is 0. The molecule has 1 heterocycles. The second-order valence-corrected chi connectivity index (χ2v) is 5.40. The molecule has 1 aliphatic heterocycles. The zero-order chi connectivity index (χ0) is 9.52. The first-order valence-corrected chi connectivity index (χ1v) is 6.43. The maximum atomic E-state index is 5.54. The monoisotopic (exact) mass is 202 g/mol. The third-order valence-corrected chi connectivity index (χ3v) is 3.88. The Kier molecular flexibility index (Phi) is 5.83. The summed E-state index contributed by atoms with van der Waals surface area (Å²) in [5, 5.41) is 4.16. The first-order valence-electron chi connectivity index (χ1n) is 5.38. The van der Waals surface area contributed by atoms with Crippen molar-refractivity contribution in [1.82, 2.24) is 5.32 Å². The van der Waals surface area contributed by atoms with E-state index >= 15 is 0 Å². The van der Waals surface area contributed by atoms with Crippen LogP contribution < -0.4 is 11.1 Å². The molecular weight excluding hydrogens is 180 g/mol. The van der Waals surface area contributed by atoms with E-state index in [1.165, 1.54) is 38.0 Å². The van der Waals surface area contributed by atoms with Crippen LogP contribution >= 0.6 is 11.8 Å². The number of nitrogens with one attached hydrogen (secondary N) is 1. The summed E-state index contributed by atoms with van der Waals surface area (Å²) < 4.78 is 0. The van der Waals surface area contributed by atoms with Gasteiger partial charge in [-0.25, -0.2) is 0 Å². The van der Waals surface area contributed by atoms with Crippen molar-refractivity contribution in [3.05, 3.63) is 0 Å². The summed E-state index contributed by atoms with van der Waals surface area (Å²) in [6.45, 7) is 4.25. The van der Waals surface area contributed by atoms with Crippen molar-refractivity contribution in [1.29, 1.82) is 0 Å². The molecule has 3 N–H and O–H groups in total. The van der Waals surface area contributed by atoms with Gasteiger partial charge in [0, 0.05) is 17.8 Å². The van der Waals surface area contributed by atoms with Crippen molar-refractivity contribution < 1.29 is 0 Å². The highest BCUT2D eigenvalue weighted by Gasteiger charge is 2.12. The van der Waals surface area contributed by atoms with Crippen LogP contribution in [0.15, 0.2) is 0 Å². The Balaban J connectivity index is 1.88. The molecular formula is C10H22N2S. The zero-order valence-corrected chi connectivity index (χ0v) is 9.41. The van der Waals surface area contributed by atoms with Gasteiger partial charge >= 0.3 is 0 Å². The van der Waals surface area contributed by atoms with Crippen molar-refractivity contribution in [2.75, 3.05) is 18.8 Å². The fraction of sp³-hybridized carbons (Fsp3) is 1.00. The number of hydrogen-bond donors (Lipinski definition) is 2. The predicted octanol–water partition coefficient (Wildman–Crippen LogP) is 1.60. The highest BCUT2D eigenvalue weighted by Crippen LogP contribution is 2.15. The summed E-state index contributed by atoms with van der Waals surface area (Å²) in [5.74, 6) is 1.27. The summed E-state index contributed by atoms with van der Waals surface area (Å²) in [6.07, 6.45) is 5.45. The molecule has 0 aromatic heterocycles. The lowest BCUT2D eigenvalue weighted by Gasteiger charge is -2.11. The molecule has 1 aliphatic rings. The van der Waals surface area contributed by atoms with Gasteiger partial charge < -0.3 is 11.1 Å². The van der Waals surface area contributed by atoms with Gasteiger partial charge in [0.1, 0.15) is 0 Å². The van der Waals surface area contributed by atoms with Crippen LogP contribution in [0.2, 0.25) is 0 Å². The van der Waals surface area contributed by atoms with Gasteiger partial charge in [-0.05, 0) is 38.0 Å². The molecule has 0 amide bonds. The molecule has 0 radical (unpaired) electrons. The summed E-state index contributed by atoms with van der Waals surface area (Å²) in [5.41, 5.74) is 5.54. The molecule has 0 saturated carbocycles. The molecule has 3 heteroatoms. The average molecular weight is 202 g/mol. The lowest BCUT2D eigenvalue weighted by Crippen LogP contribution is -2.21. The van der Waals surface area contributed by atoms with Gasteiger partial charge in [-0.2, -0.15) is 11.8 Å². The van der Waals surface area contributed by atoms with Crippen molar-refractivity contribution in [3.8, 4) is 0 Å². The molecule has 13 heavy (non-hydrogen) atoms. The average Bonchev–Trinajstić information content (AvgIpc) is 2.64. The van der Waals surface area contributed by atoms with Crippen LogP contribution in [-0.4, -0.2) is 30.1 Å². The number of nitrogens with two attached hydrogens (primary N) is 1. The van der Waals surface area contributed by atoms with Crippen LogP contribution in [0, 0.1) is 0 Å². The Hall–Kier alpha value is 0.270. The van der Waals surface area contributed by atoms with E-state index in [-0.39, 0.29) is 0 Å². The quantitative estimate of drug-likeness (QED) is 0.643. The van der Waals surface area contributed by atoms with Gasteiger partial charge in [0.2, 0.25) is 0 Å². The Morgan fingerprint density at radius 1 is 1.62 bits per heavy atom. The standard InChI is InChI=1S/C10H22N2S/c1-9(8-11)13-7-3-5-10-4-2-6-12-10/h9-10,12H,2-8,11H2,1H3. The van der Waals surface area contributed by atoms with E-state index < -0.39 is 0 Å². The second-order valence-electron chi connectivity index (χ2n) is 3.85. The number of rotatable bonds is 6. The normalized spacial score (nSPS) is 24.9. The van der Waals surface area contributed by atoms with Crippen LogP contribution in [0.5, 0.6) is 0 Å². The number of hydrogen-bond acceptors (Lipinski definition) is 3. The largest absolute Gasteiger partial charge is 0.329 e. The molecule has 1 saturated heterocycles. The van der Waals surface area contributed by atoms with Gasteiger partial charge in [-0.15, -0.1) is 0 Å². The van der Waals surface area contributed by atoms with E-state index in [1.807, 2.05) is 11.8 Å². The smallest absolute Gasteiger partial charge is 0.0141 e. The first kappa shape index (κ1) is 11.3. The van der Waals surface area contributed by atoms with Gasteiger partial charge in [-0.3, -0.25) is 0 Å². The molecule has 0 bridgehead atoms. The van der Waals surface area contributed by atoms with Crippen LogP contribution in [-0.2, 0) is 0 Å². The van der Waals surface area contributed by atoms with Gasteiger partial charge in [0.05, 0.1) is 0 Å². The summed E-state index contributed by atoms with van der Waals surface area (Å²) >= 11 is 2.01. The molecule has 1 fully saturated rings. The van der Waals surface area contributed by atoms with E-state index in [2.05, 4.69) is 12.2 Å². The topological polar surface area (TPSA) is 38.0 Å². The van der Waals surface area contributed by atoms with Crippen molar-refractivity contribution in [2.45, 2.75) is 43.9 Å². The van der Waals surface area contributed by atoms with Gasteiger partial charge in [-0.1, -0.05) is 6.92 Å². The lowest BCUT2D eigenvalue weighted by molar-refractivity contribution is 0.553. The Morgan fingerprint density at radius 3 is 3.08 bits per heavy atom. The summed E-state index contributed by atoms with van der Waals surface area (Å²) in [6, 6.07) is 0.814. The third-order valence-electron chi connectivity index (χ3n) is 2.59. The molecule has 2 nitrogen and oxygen atoms in total. The Labute approximate surface area is 86.0 Å². The third kappa shape index (κ3) is 4.89. The van der Waals surface area contributed by atoms with Crippen LogP contribution in [0.3, 0.4) is 0 Å². The SMILES string of the molecule is CC(CN)SCCCC1CCCN1. The lowest BCUT2D eigenvalue weighted by atomic mass is 10.1. The fourth-order valence-electron chi connectivity index (χ4n) is 1.69. The molecule has 0 aromatic carbocycles. The van der Waals surface area contributed by atoms with Crippen LogP contribution in [0.4, 0.5) is 0 Å². The van der Waals surface area contributed by atoms with E-state index in [0.29, 0.717) is 5.25 Å². The minimum absolute atomic E-state index is 0.636. The fourth-order valence-corrected chi connectivity index (χ4v) is 2.56. The highest BCUT2D eigenvalue weighted by molar-refractivity contribution is 7.99. The number of thioether (sulfide) groups is 1. The van der Waals surface area contributed by atoms with Crippen molar-refractivity contribution >= 4 is 11.8 Å². The molecule has 78 valence electrons.